The molecule has 0 aromatic carbocycles. The van der Waals surface area contributed by atoms with Crippen molar-refractivity contribution in [2.75, 3.05) is 0 Å². The lowest BCUT2D eigenvalue weighted by Crippen LogP contribution is -2.45. The molecular weight excluding hydrogens is 260 g/mol. The molecule has 1 saturated carbocycles. The Hall–Kier alpha value is 0.235. The molecule has 5 heteroatoms. The second-order valence-corrected chi connectivity index (χ2v) is 8.03. The van der Waals surface area contributed by atoms with Crippen molar-refractivity contribution in [2.45, 2.75) is 81.9 Å². The fraction of sp³-hybridized carbons (Fsp3) is 1.00. The molecule has 0 aromatic heterocycles. The first-order valence-electron chi connectivity index (χ1n) is 7.54. The summed E-state index contributed by atoms with van der Waals surface area (Å²) in [5.74, 6) is 1.07. The Morgan fingerprint density at radius 3 is 2.32 bits per heavy atom. The standard InChI is InChI=1S/C14H25BClNO2/c1-13(2)14(3,4)19-15(18-13)12-7-9-5-6-10(16)8-11(9)17-12/h9-12,17H,5-8H2,1-4H3. The maximum absolute atomic E-state index is 6.28. The van der Waals surface area contributed by atoms with E-state index in [0.29, 0.717) is 17.4 Å². The average molecular weight is 286 g/mol. The lowest BCUT2D eigenvalue weighted by Gasteiger charge is -2.32. The number of rotatable bonds is 1. The van der Waals surface area contributed by atoms with Crippen LogP contribution in [0.3, 0.4) is 0 Å². The van der Waals surface area contributed by atoms with Gasteiger partial charge in [-0.1, -0.05) is 0 Å². The van der Waals surface area contributed by atoms with Crippen molar-refractivity contribution in [3.8, 4) is 0 Å². The van der Waals surface area contributed by atoms with Crippen molar-refractivity contribution in [2.24, 2.45) is 5.92 Å². The minimum atomic E-state index is -0.234. The quantitative estimate of drug-likeness (QED) is 0.593. The molecule has 0 radical (unpaired) electrons. The summed E-state index contributed by atoms with van der Waals surface area (Å²) < 4.78 is 12.3. The molecule has 3 rings (SSSR count). The van der Waals surface area contributed by atoms with E-state index in [-0.39, 0.29) is 18.3 Å². The van der Waals surface area contributed by atoms with Gasteiger partial charge in [-0.05, 0) is 59.3 Å². The molecule has 4 atom stereocenters. The van der Waals surface area contributed by atoms with E-state index in [1.165, 1.54) is 6.42 Å². The summed E-state index contributed by atoms with van der Waals surface area (Å²) in [5.41, 5.74) is -0.468. The van der Waals surface area contributed by atoms with Crippen molar-refractivity contribution in [1.29, 1.82) is 0 Å². The molecule has 3 nitrogen and oxygen atoms in total. The highest BCUT2D eigenvalue weighted by atomic mass is 35.5. The van der Waals surface area contributed by atoms with Crippen LogP contribution in [0.1, 0.15) is 53.4 Å². The zero-order valence-electron chi connectivity index (χ0n) is 12.4. The van der Waals surface area contributed by atoms with Gasteiger partial charge in [0.15, 0.2) is 0 Å². The van der Waals surface area contributed by atoms with Crippen molar-refractivity contribution in [3.63, 3.8) is 0 Å². The Morgan fingerprint density at radius 1 is 1.05 bits per heavy atom. The summed E-state index contributed by atoms with van der Waals surface area (Å²) in [5, 5.41) is 4.05. The molecule has 108 valence electrons. The van der Waals surface area contributed by atoms with E-state index in [1.54, 1.807) is 0 Å². The van der Waals surface area contributed by atoms with Gasteiger partial charge < -0.3 is 14.6 Å². The Morgan fingerprint density at radius 2 is 1.68 bits per heavy atom. The van der Waals surface area contributed by atoms with E-state index < -0.39 is 0 Å². The Labute approximate surface area is 121 Å². The zero-order valence-corrected chi connectivity index (χ0v) is 13.2. The lowest BCUT2D eigenvalue weighted by atomic mass is 9.75. The summed E-state index contributed by atoms with van der Waals surface area (Å²) in [6.07, 6.45) is 4.63. The average Bonchev–Trinajstić information content (AvgIpc) is 2.78. The Kier molecular flexibility index (Phi) is 3.45. The molecule has 0 amide bonds. The summed E-state index contributed by atoms with van der Waals surface area (Å²) in [6.45, 7) is 8.46. The fourth-order valence-corrected chi connectivity index (χ4v) is 3.90. The number of hydrogen-bond acceptors (Lipinski definition) is 3. The van der Waals surface area contributed by atoms with Crippen LogP contribution in [0, 0.1) is 5.92 Å². The van der Waals surface area contributed by atoms with E-state index in [1.807, 2.05) is 0 Å². The van der Waals surface area contributed by atoms with Crippen LogP contribution in [0.15, 0.2) is 0 Å². The number of halogens is 1. The van der Waals surface area contributed by atoms with Gasteiger partial charge in [0.2, 0.25) is 0 Å². The second kappa shape index (κ2) is 4.62. The first kappa shape index (κ1) is 14.2. The first-order chi connectivity index (χ1) is 8.78. The van der Waals surface area contributed by atoms with Crippen LogP contribution < -0.4 is 5.32 Å². The van der Waals surface area contributed by atoms with Crippen molar-refractivity contribution in [1.82, 2.24) is 5.32 Å². The predicted molar refractivity (Wildman–Crippen MR) is 78.4 cm³/mol. The molecule has 3 fully saturated rings. The molecule has 1 N–H and O–H groups in total. The van der Waals surface area contributed by atoms with Gasteiger partial charge in [0.25, 0.3) is 0 Å². The van der Waals surface area contributed by atoms with E-state index in [9.17, 15) is 0 Å². The summed E-state index contributed by atoms with van der Waals surface area (Å²) in [7, 11) is -0.121. The van der Waals surface area contributed by atoms with Crippen LogP contribution in [0.4, 0.5) is 0 Å². The third-order valence-electron chi connectivity index (χ3n) is 5.51. The van der Waals surface area contributed by atoms with Gasteiger partial charge in [-0.15, -0.1) is 11.6 Å². The molecule has 2 aliphatic heterocycles. The SMILES string of the molecule is CC1(C)OB(C2CC3CCC(Cl)CC3N2)OC1(C)C. The van der Waals surface area contributed by atoms with Crippen LogP contribution in [0.25, 0.3) is 0 Å². The van der Waals surface area contributed by atoms with E-state index in [2.05, 4.69) is 33.0 Å². The molecular formula is C14H25BClNO2. The third kappa shape index (κ3) is 2.46. The predicted octanol–water partition coefficient (Wildman–Crippen LogP) is 2.76. The molecule has 0 spiro atoms. The minimum absolute atomic E-state index is 0.121. The zero-order chi connectivity index (χ0) is 13.8. The lowest BCUT2D eigenvalue weighted by molar-refractivity contribution is 0.00578. The monoisotopic (exact) mass is 285 g/mol. The number of fused-ring (bicyclic) bond motifs is 1. The molecule has 2 saturated heterocycles. The van der Waals surface area contributed by atoms with Gasteiger partial charge in [-0.3, -0.25) is 0 Å². The van der Waals surface area contributed by atoms with Gasteiger partial charge in [0, 0.05) is 17.4 Å². The fourth-order valence-electron chi connectivity index (χ4n) is 3.58. The van der Waals surface area contributed by atoms with Gasteiger partial charge in [0.1, 0.15) is 0 Å². The van der Waals surface area contributed by atoms with Crippen LogP contribution in [-0.2, 0) is 9.31 Å². The van der Waals surface area contributed by atoms with Gasteiger partial charge in [-0.25, -0.2) is 0 Å². The van der Waals surface area contributed by atoms with E-state index >= 15 is 0 Å². The van der Waals surface area contributed by atoms with Gasteiger partial charge in [-0.2, -0.15) is 0 Å². The van der Waals surface area contributed by atoms with Gasteiger partial charge >= 0.3 is 7.12 Å². The maximum atomic E-state index is 6.28. The minimum Gasteiger partial charge on any atom is -0.402 e. The van der Waals surface area contributed by atoms with Crippen LogP contribution >= 0.6 is 11.6 Å². The molecule has 2 heterocycles. The molecule has 1 aliphatic carbocycles. The second-order valence-electron chi connectivity index (χ2n) is 7.41. The largest absolute Gasteiger partial charge is 0.476 e. The summed E-state index contributed by atoms with van der Waals surface area (Å²) >= 11 is 6.28. The molecule has 0 aromatic rings. The maximum Gasteiger partial charge on any atom is 0.476 e. The van der Waals surface area contributed by atoms with Gasteiger partial charge in [0.05, 0.1) is 11.2 Å². The highest BCUT2D eigenvalue weighted by molar-refractivity contribution is 6.47. The number of alkyl halides is 1. The first-order valence-corrected chi connectivity index (χ1v) is 7.98. The van der Waals surface area contributed by atoms with E-state index in [4.69, 9.17) is 20.9 Å². The van der Waals surface area contributed by atoms with Crippen LogP contribution in [-0.4, -0.2) is 35.7 Å². The molecule has 3 aliphatic rings. The molecule has 4 unspecified atom stereocenters. The van der Waals surface area contributed by atoms with Crippen LogP contribution in [0.2, 0.25) is 0 Å². The number of nitrogens with one attached hydrogen (secondary N) is 1. The van der Waals surface area contributed by atoms with Crippen molar-refractivity contribution in [3.05, 3.63) is 0 Å². The highest BCUT2D eigenvalue weighted by Crippen LogP contribution is 2.42. The molecule has 19 heavy (non-hydrogen) atoms. The Bertz CT molecular complexity index is 347. The normalized spacial score (nSPS) is 44.4. The topological polar surface area (TPSA) is 30.5 Å². The van der Waals surface area contributed by atoms with Crippen molar-refractivity contribution >= 4 is 18.7 Å². The summed E-state index contributed by atoms with van der Waals surface area (Å²) in [4.78, 5) is 0. The molecule has 0 bridgehead atoms. The van der Waals surface area contributed by atoms with Crippen LogP contribution in [0.5, 0.6) is 0 Å². The smallest absolute Gasteiger partial charge is 0.402 e. The van der Waals surface area contributed by atoms with Crippen molar-refractivity contribution < 1.29 is 9.31 Å². The van der Waals surface area contributed by atoms with E-state index in [0.717, 1.165) is 25.2 Å². The number of hydrogen-bond donors (Lipinski definition) is 1. The highest BCUT2D eigenvalue weighted by Gasteiger charge is 2.56. The summed E-state index contributed by atoms with van der Waals surface area (Å²) in [6, 6.07) is 0.556. The Balaban J connectivity index is 1.66. The third-order valence-corrected chi connectivity index (χ3v) is 5.91.